The minimum atomic E-state index is -0.630. The van der Waals surface area contributed by atoms with Gasteiger partial charge in [0.2, 0.25) is 0 Å². The molecule has 2 amide bonds. The lowest BCUT2D eigenvalue weighted by molar-refractivity contribution is -0.177. The second kappa shape index (κ2) is 5.81. The number of rotatable bonds is 3. The van der Waals surface area contributed by atoms with Crippen molar-refractivity contribution in [3.05, 3.63) is 71.0 Å². The molecule has 1 fully saturated rings. The summed E-state index contributed by atoms with van der Waals surface area (Å²) in [6.07, 6.45) is 1.01. The number of fused-ring (bicyclic) bond motifs is 1. The molecule has 25 heavy (non-hydrogen) atoms. The van der Waals surface area contributed by atoms with Gasteiger partial charge in [-0.2, -0.15) is 0 Å². The lowest BCUT2D eigenvalue weighted by atomic mass is 9.71. The van der Waals surface area contributed by atoms with Crippen molar-refractivity contribution in [1.29, 1.82) is 0 Å². The van der Waals surface area contributed by atoms with E-state index in [0.29, 0.717) is 17.9 Å². The fourth-order valence-corrected chi connectivity index (χ4v) is 3.26. The Labute approximate surface area is 143 Å². The Morgan fingerprint density at radius 3 is 2.24 bits per heavy atom. The Balaban J connectivity index is 1.40. The van der Waals surface area contributed by atoms with Crippen molar-refractivity contribution in [3.8, 4) is 0 Å². The Bertz CT molecular complexity index is 853. The average molecular weight is 339 g/mol. The summed E-state index contributed by atoms with van der Waals surface area (Å²) in [4.78, 5) is 41.6. The molecule has 4 rings (SSSR count). The van der Waals surface area contributed by atoms with Crippen LogP contribution in [-0.2, 0) is 9.63 Å². The molecule has 6 heteroatoms. The zero-order valence-electron chi connectivity index (χ0n) is 13.1. The molecule has 0 atom stereocenters. The van der Waals surface area contributed by atoms with Gasteiger partial charge >= 0.3 is 5.97 Å². The molecular weight excluding hydrogens is 325 g/mol. The zero-order chi connectivity index (χ0) is 17.6. The topological polar surface area (TPSA) is 63.7 Å². The summed E-state index contributed by atoms with van der Waals surface area (Å²) in [6.45, 7) is 0. The molecule has 2 aromatic carbocycles. The third-order valence-electron chi connectivity index (χ3n) is 4.73. The summed E-state index contributed by atoms with van der Waals surface area (Å²) >= 11 is 0. The predicted molar refractivity (Wildman–Crippen MR) is 84.9 cm³/mol. The summed E-state index contributed by atoms with van der Waals surface area (Å²) in [6, 6.07) is 12.6. The van der Waals surface area contributed by atoms with E-state index in [1.54, 1.807) is 18.2 Å². The maximum Gasteiger partial charge on any atom is 0.336 e. The van der Waals surface area contributed by atoms with E-state index in [1.807, 2.05) is 6.07 Å². The zero-order valence-corrected chi connectivity index (χ0v) is 13.1. The van der Waals surface area contributed by atoms with Crippen LogP contribution in [0.5, 0.6) is 0 Å². The number of carbonyl (C=O) groups excluding carboxylic acids is 3. The first-order valence-corrected chi connectivity index (χ1v) is 7.99. The molecule has 126 valence electrons. The molecule has 0 unspecified atom stereocenters. The van der Waals surface area contributed by atoms with Gasteiger partial charge in [0.15, 0.2) is 0 Å². The molecule has 0 saturated heterocycles. The van der Waals surface area contributed by atoms with E-state index in [4.69, 9.17) is 4.84 Å². The Kier molecular flexibility index (Phi) is 3.60. The number of hydrogen-bond donors (Lipinski definition) is 0. The third kappa shape index (κ3) is 2.59. The van der Waals surface area contributed by atoms with Crippen LogP contribution in [-0.4, -0.2) is 22.8 Å². The predicted octanol–water partition coefficient (Wildman–Crippen LogP) is 3.07. The van der Waals surface area contributed by atoms with Gasteiger partial charge in [0.1, 0.15) is 5.82 Å². The van der Waals surface area contributed by atoms with Crippen molar-refractivity contribution in [2.75, 3.05) is 0 Å². The van der Waals surface area contributed by atoms with Gasteiger partial charge in [-0.25, -0.2) is 9.18 Å². The number of hydroxylamine groups is 2. The maximum atomic E-state index is 13.3. The highest BCUT2D eigenvalue weighted by Gasteiger charge is 2.42. The minimum absolute atomic E-state index is 0.0791. The number of benzene rings is 2. The molecule has 0 N–H and O–H groups in total. The quantitative estimate of drug-likeness (QED) is 0.806. The number of carbonyl (C=O) groups is 3. The molecule has 1 heterocycles. The van der Waals surface area contributed by atoms with Crippen molar-refractivity contribution in [2.45, 2.75) is 18.8 Å². The van der Waals surface area contributed by atoms with Gasteiger partial charge in [-0.05, 0) is 48.6 Å². The first kappa shape index (κ1) is 15.5. The van der Waals surface area contributed by atoms with E-state index < -0.39 is 23.7 Å². The molecule has 2 aliphatic rings. The summed E-state index contributed by atoms with van der Waals surface area (Å²) in [5, 5.41) is 0.530. The molecule has 0 bridgehead atoms. The van der Waals surface area contributed by atoms with Crippen LogP contribution in [0.4, 0.5) is 4.39 Å². The second-order valence-electron chi connectivity index (χ2n) is 6.28. The van der Waals surface area contributed by atoms with E-state index >= 15 is 0 Å². The molecule has 0 aromatic heterocycles. The molecule has 2 aromatic rings. The lowest BCUT2D eigenvalue weighted by Crippen LogP contribution is -2.38. The van der Waals surface area contributed by atoms with Crippen LogP contribution in [0, 0.1) is 11.7 Å². The normalized spacial score (nSPS) is 21.7. The summed E-state index contributed by atoms with van der Waals surface area (Å²) < 4.78 is 13.3. The third-order valence-corrected chi connectivity index (χ3v) is 4.73. The van der Waals surface area contributed by atoms with Crippen LogP contribution < -0.4 is 0 Å². The monoisotopic (exact) mass is 339 g/mol. The number of halogens is 1. The summed E-state index contributed by atoms with van der Waals surface area (Å²) in [5.74, 6) is -2.50. The SMILES string of the molecule is O=C(ON1C(=O)c2ccccc2C1=O)C1CC(c2cccc(F)c2)C1. The highest BCUT2D eigenvalue weighted by Crippen LogP contribution is 2.42. The van der Waals surface area contributed by atoms with Crippen molar-refractivity contribution < 1.29 is 23.6 Å². The lowest BCUT2D eigenvalue weighted by Gasteiger charge is -2.34. The first-order valence-electron chi connectivity index (χ1n) is 7.99. The van der Waals surface area contributed by atoms with E-state index in [2.05, 4.69) is 0 Å². The number of imide groups is 1. The van der Waals surface area contributed by atoms with Gasteiger partial charge in [0.05, 0.1) is 17.0 Å². The number of hydrogen-bond acceptors (Lipinski definition) is 4. The van der Waals surface area contributed by atoms with Crippen molar-refractivity contribution in [3.63, 3.8) is 0 Å². The fraction of sp³-hybridized carbons (Fsp3) is 0.211. The van der Waals surface area contributed by atoms with E-state index in [0.717, 1.165) is 5.56 Å². The van der Waals surface area contributed by atoms with Crippen molar-refractivity contribution in [1.82, 2.24) is 5.06 Å². The largest absolute Gasteiger partial charge is 0.336 e. The van der Waals surface area contributed by atoms with Gasteiger partial charge < -0.3 is 4.84 Å². The molecule has 0 spiro atoms. The molecule has 1 saturated carbocycles. The molecule has 0 radical (unpaired) electrons. The number of nitrogens with zero attached hydrogens (tertiary/aromatic N) is 1. The average Bonchev–Trinajstić information content (AvgIpc) is 2.79. The Morgan fingerprint density at radius 1 is 1.00 bits per heavy atom. The van der Waals surface area contributed by atoms with Gasteiger partial charge in [-0.15, -0.1) is 0 Å². The maximum absolute atomic E-state index is 13.3. The molecular formula is C19H14FNO4. The van der Waals surface area contributed by atoms with Crippen LogP contribution in [0.2, 0.25) is 0 Å². The van der Waals surface area contributed by atoms with Gasteiger partial charge in [0, 0.05) is 0 Å². The van der Waals surface area contributed by atoms with Crippen LogP contribution in [0.3, 0.4) is 0 Å². The minimum Gasteiger partial charge on any atom is -0.329 e. The van der Waals surface area contributed by atoms with Crippen LogP contribution >= 0.6 is 0 Å². The Hall–Kier alpha value is -3.02. The van der Waals surface area contributed by atoms with Gasteiger partial charge in [0.25, 0.3) is 11.8 Å². The van der Waals surface area contributed by atoms with Crippen LogP contribution in [0.1, 0.15) is 45.0 Å². The van der Waals surface area contributed by atoms with Crippen molar-refractivity contribution >= 4 is 17.8 Å². The molecule has 5 nitrogen and oxygen atoms in total. The second-order valence-corrected chi connectivity index (χ2v) is 6.28. The fourth-order valence-electron chi connectivity index (χ4n) is 3.26. The summed E-state index contributed by atoms with van der Waals surface area (Å²) in [5.41, 5.74) is 1.29. The van der Waals surface area contributed by atoms with Crippen LogP contribution in [0.25, 0.3) is 0 Å². The van der Waals surface area contributed by atoms with Crippen LogP contribution in [0.15, 0.2) is 48.5 Å². The molecule has 1 aliphatic heterocycles. The molecule has 1 aliphatic carbocycles. The van der Waals surface area contributed by atoms with E-state index in [-0.39, 0.29) is 22.9 Å². The van der Waals surface area contributed by atoms with Gasteiger partial charge in [-0.1, -0.05) is 29.3 Å². The first-order chi connectivity index (χ1) is 12.0. The highest BCUT2D eigenvalue weighted by molar-refractivity contribution is 6.20. The standard InChI is InChI=1S/C19H14FNO4/c20-14-5-3-4-11(10-14)12-8-13(9-12)19(24)25-21-17(22)15-6-1-2-7-16(15)18(21)23/h1-7,10,12-13H,8-9H2. The highest BCUT2D eigenvalue weighted by atomic mass is 19.1. The van der Waals surface area contributed by atoms with E-state index in [9.17, 15) is 18.8 Å². The summed E-state index contributed by atoms with van der Waals surface area (Å²) in [7, 11) is 0. The van der Waals surface area contributed by atoms with E-state index in [1.165, 1.54) is 24.3 Å². The smallest absolute Gasteiger partial charge is 0.329 e. The van der Waals surface area contributed by atoms with Crippen molar-refractivity contribution in [2.24, 2.45) is 5.92 Å². The van der Waals surface area contributed by atoms with Gasteiger partial charge in [-0.3, -0.25) is 9.59 Å². The number of amides is 2. The Morgan fingerprint density at radius 2 is 1.64 bits per heavy atom.